The predicted octanol–water partition coefficient (Wildman–Crippen LogP) is 1.12. The van der Waals surface area contributed by atoms with Gasteiger partial charge >= 0.3 is 0 Å². The number of hydrogen-bond acceptors (Lipinski definition) is 4. The van der Waals surface area contributed by atoms with Gasteiger partial charge in [-0.25, -0.2) is 13.4 Å². The van der Waals surface area contributed by atoms with Crippen molar-refractivity contribution in [3.63, 3.8) is 0 Å². The maximum Gasteiger partial charge on any atom is 0.260 e. The molecule has 2 heterocycles. The lowest BCUT2D eigenvalue weighted by molar-refractivity contribution is 0.474. The largest absolute Gasteiger partial charge is 0.310 e. The number of aromatic nitrogens is 1. The highest BCUT2D eigenvalue weighted by Gasteiger charge is 2.28. The molecule has 0 amide bonds. The molecule has 0 bridgehead atoms. The molecule has 5 nitrogen and oxygen atoms in total. The van der Waals surface area contributed by atoms with Crippen molar-refractivity contribution in [3.05, 3.63) is 23.9 Å². The highest BCUT2D eigenvalue weighted by Crippen LogP contribution is 2.21. The summed E-state index contributed by atoms with van der Waals surface area (Å²) in [5.41, 5.74) is 1.03. The van der Waals surface area contributed by atoms with Crippen LogP contribution in [-0.4, -0.2) is 36.8 Å². The quantitative estimate of drug-likeness (QED) is 0.878. The van der Waals surface area contributed by atoms with Gasteiger partial charge in [0.1, 0.15) is 0 Å². The van der Waals surface area contributed by atoms with Crippen molar-refractivity contribution >= 4 is 10.0 Å². The lowest BCUT2D eigenvalue weighted by Crippen LogP contribution is -2.28. The highest BCUT2D eigenvalue weighted by atomic mass is 32.2. The first kappa shape index (κ1) is 13.0. The number of sulfonamides is 1. The molecule has 2 fully saturated rings. The second-order valence-electron chi connectivity index (χ2n) is 5.27. The average Bonchev–Trinajstić information content (AvgIpc) is 3.07. The van der Waals surface area contributed by atoms with Gasteiger partial charge in [0.2, 0.25) is 0 Å². The van der Waals surface area contributed by atoms with Gasteiger partial charge in [0.05, 0.1) is 0 Å². The van der Waals surface area contributed by atoms with Gasteiger partial charge < -0.3 is 5.32 Å². The van der Waals surface area contributed by atoms with Gasteiger partial charge in [0, 0.05) is 31.9 Å². The van der Waals surface area contributed by atoms with E-state index in [-0.39, 0.29) is 5.03 Å². The van der Waals surface area contributed by atoms with Gasteiger partial charge in [-0.3, -0.25) is 0 Å². The van der Waals surface area contributed by atoms with Gasteiger partial charge in [-0.05, 0) is 37.3 Å². The Hall–Kier alpha value is -0.980. The fraction of sp³-hybridized carbons (Fsp3) is 0.615. The minimum atomic E-state index is -3.37. The summed E-state index contributed by atoms with van der Waals surface area (Å²) in [6.45, 7) is 2.01. The van der Waals surface area contributed by atoms with Gasteiger partial charge in [-0.15, -0.1) is 0 Å². The van der Waals surface area contributed by atoms with Gasteiger partial charge in [0.25, 0.3) is 10.0 Å². The molecule has 104 valence electrons. The molecule has 3 rings (SSSR count). The molecule has 0 unspecified atom stereocenters. The van der Waals surface area contributed by atoms with E-state index < -0.39 is 10.0 Å². The van der Waals surface area contributed by atoms with E-state index in [4.69, 9.17) is 0 Å². The van der Waals surface area contributed by atoms with Crippen molar-refractivity contribution in [1.29, 1.82) is 0 Å². The first-order chi connectivity index (χ1) is 9.16. The van der Waals surface area contributed by atoms with Gasteiger partial charge in [-0.1, -0.05) is 6.07 Å². The van der Waals surface area contributed by atoms with Gasteiger partial charge in [0.15, 0.2) is 5.03 Å². The molecule has 0 spiro atoms. The van der Waals surface area contributed by atoms with Crippen LogP contribution in [0.15, 0.2) is 23.4 Å². The SMILES string of the molecule is O=S(=O)(c1ccc(CNC2CC2)cn1)N1CCCC1. The van der Waals surface area contributed by atoms with E-state index in [1.54, 1.807) is 12.3 Å². The van der Waals surface area contributed by atoms with E-state index in [1.165, 1.54) is 17.1 Å². The second kappa shape index (κ2) is 5.19. The fourth-order valence-electron chi connectivity index (χ4n) is 2.28. The minimum absolute atomic E-state index is 0.171. The van der Waals surface area contributed by atoms with Crippen LogP contribution in [0.3, 0.4) is 0 Å². The average molecular weight is 281 g/mol. The van der Waals surface area contributed by atoms with Crippen LogP contribution in [0, 0.1) is 0 Å². The molecule has 6 heteroatoms. The van der Waals surface area contributed by atoms with Crippen molar-refractivity contribution in [2.24, 2.45) is 0 Å². The zero-order valence-corrected chi connectivity index (χ0v) is 11.7. The Balaban J connectivity index is 1.69. The summed E-state index contributed by atoms with van der Waals surface area (Å²) < 4.78 is 26.1. The molecule has 0 atom stereocenters. The second-order valence-corrected chi connectivity index (χ2v) is 7.16. The summed E-state index contributed by atoms with van der Waals surface area (Å²) in [7, 11) is -3.37. The molecule has 1 N–H and O–H groups in total. The molecule has 1 aliphatic heterocycles. The van der Waals surface area contributed by atoms with Crippen LogP contribution in [0.1, 0.15) is 31.2 Å². The van der Waals surface area contributed by atoms with Crippen LogP contribution in [0.2, 0.25) is 0 Å². The van der Waals surface area contributed by atoms with E-state index in [2.05, 4.69) is 10.3 Å². The smallest absolute Gasteiger partial charge is 0.260 e. The molecular weight excluding hydrogens is 262 g/mol. The molecule has 0 radical (unpaired) electrons. The Morgan fingerprint density at radius 2 is 2.00 bits per heavy atom. The van der Waals surface area contributed by atoms with E-state index in [0.29, 0.717) is 19.1 Å². The van der Waals surface area contributed by atoms with Crippen LogP contribution in [0.5, 0.6) is 0 Å². The molecule has 0 aromatic carbocycles. The van der Waals surface area contributed by atoms with Crippen LogP contribution < -0.4 is 5.32 Å². The Labute approximate surface area is 114 Å². The number of pyridine rings is 1. The highest BCUT2D eigenvalue weighted by molar-refractivity contribution is 7.89. The molecule has 1 saturated heterocycles. The van der Waals surface area contributed by atoms with E-state index in [1.807, 2.05) is 6.07 Å². The molecule has 1 aromatic rings. The standard InChI is InChI=1S/C13H19N3O2S/c17-19(18,16-7-1-2-8-16)13-6-3-11(10-15-13)9-14-12-4-5-12/h3,6,10,12,14H,1-2,4-5,7-9H2. The Bertz CT molecular complexity index is 532. The lowest BCUT2D eigenvalue weighted by Gasteiger charge is -2.14. The third kappa shape index (κ3) is 2.96. The van der Waals surface area contributed by atoms with Crippen molar-refractivity contribution in [2.45, 2.75) is 43.3 Å². The Morgan fingerprint density at radius 3 is 2.58 bits per heavy atom. The third-order valence-electron chi connectivity index (χ3n) is 3.64. The minimum Gasteiger partial charge on any atom is -0.310 e. The molecule has 1 aliphatic carbocycles. The maximum absolute atomic E-state index is 12.3. The topological polar surface area (TPSA) is 62.3 Å². The summed E-state index contributed by atoms with van der Waals surface area (Å²) in [5.74, 6) is 0. The number of nitrogens with one attached hydrogen (secondary N) is 1. The summed E-state index contributed by atoms with van der Waals surface area (Å²) >= 11 is 0. The van der Waals surface area contributed by atoms with Crippen LogP contribution in [0.25, 0.3) is 0 Å². The Kier molecular flexibility index (Phi) is 3.56. The van der Waals surface area contributed by atoms with Crippen molar-refractivity contribution in [1.82, 2.24) is 14.6 Å². The number of rotatable bonds is 5. The molecule has 19 heavy (non-hydrogen) atoms. The summed E-state index contributed by atoms with van der Waals surface area (Å²) in [6, 6.07) is 4.12. The third-order valence-corrected chi connectivity index (χ3v) is 5.45. The first-order valence-electron chi connectivity index (χ1n) is 6.85. The molecule has 2 aliphatic rings. The molecule has 1 saturated carbocycles. The fourth-order valence-corrected chi connectivity index (χ4v) is 3.71. The van der Waals surface area contributed by atoms with Gasteiger partial charge in [-0.2, -0.15) is 4.31 Å². The normalized spacial score (nSPS) is 20.8. The monoisotopic (exact) mass is 281 g/mol. The number of nitrogens with zero attached hydrogens (tertiary/aromatic N) is 2. The predicted molar refractivity (Wildman–Crippen MR) is 72.1 cm³/mol. The van der Waals surface area contributed by atoms with Crippen molar-refractivity contribution in [2.75, 3.05) is 13.1 Å². The van der Waals surface area contributed by atoms with E-state index in [9.17, 15) is 8.42 Å². The summed E-state index contributed by atoms with van der Waals surface area (Å²) in [5, 5.41) is 3.56. The zero-order valence-electron chi connectivity index (χ0n) is 10.9. The molecule has 1 aromatic heterocycles. The van der Waals surface area contributed by atoms with Crippen molar-refractivity contribution < 1.29 is 8.42 Å². The maximum atomic E-state index is 12.3. The van der Waals surface area contributed by atoms with Crippen LogP contribution >= 0.6 is 0 Å². The van der Waals surface area contributed by atoms with E-state index >= 15 is 0 Å². The summed E-state index contributed by atoms with van der Waals surface area (Å²) in [4.78, 5) is 4.12. The van der Waals surface area contributed by atoms with Crippen LogP contribution in [-0.2, 0) is 16.6 Å². The Morgan fingerprint density at radius 1 is 1.26 bits per heavy atom. The lowest BCUT2D eigenvalue weighted by atomic mass is 10.3. The van der Waals surface area contributed by atoms with E-state index in [0.717, 1.165) is 24.9 Å². The molecular formula is C13H19N3O2S. The van der Waals surface area contributed by atoms with Crippen molar-refractivity contribution in [3.8, 4) is 0 Å². The van der Waals surface area contributed by atoms with Crippen LogP contribution in [0.4, 0.5) is 0 Å². The first-order valence-corrected chi connectivity index (χ1v) is 8.29. The zero-order chi connectivity index (χ0) is 13.3. The summed E-state index contributed by atoms with van der Waals surface area (Å²) in [6.07, 6.45) is 6.05. The number of hydrogen-bond donors (Lipinski definition) is 1.